The Morgan fingerprint density at radius 2 is 2.11 bits per heavy atom. The largest absolute Gasteiger partial charge is 0.354 e. The maximum atomic E-state index is 5.79. The van der Waals surface area contributed by atoms with E-state index in [1.54, 1.807) is 0 Å². The quantitative estimate of drug-likeness (QED) is 0.840. The van der Waals surface area contributed by atoms with Gasteiger partial charge in [-0.2, -0.15) is 0 Å². The molecule has 0 aliphatic heterocycles. The Kier molecular flexibility index (Phi) is 4.23. The summed E-state index contributed by atoms with van der Waals surface area (Å²) < 4.78 is 0. The monoisotopic (exact) mass is 247 g/mol. The summed E-state index contributed by atoms with van der Waals surface area (Å²) in [7, 11) is 0. The zero-order valence-corrected chi connectivity index (χ0v) is 11.8. The van der Waals surface area contributed by atoms with Crippen LogP contribution in [0.3, 0.4) is 0 Å². The van der Waals surface area contributed by atoms with E-state index in [0.29, 0.717) is 12.6 Å². The molecule has 100 valence electrons. The summed E-state index contributed by atoms with van der Waals surface area (Å²) >= 11 is 0. The number of hydrogen-bond acceptors (Lipinski definition) is 3. The van der Waals surface area contributed by atoms with E-state index in [1.165, 1.54) is 18.4 Å². The molecule has 1 aromatic rings. The first-order valence-corrected chi connectivity index (χ1v) is 7.10. The van der Waals surface area contributed by atoms with Gasteiger partial charge in [0.25, 0.3) is 0 Å². The predicted molar refractivity (Wildman–Crippen MR) is 76.7 cm³/mol. The van der Waals surface area contributed by atoms with Gasteiger partial charge in [0.2, 0.25) is 0 Å². The number of anilines is 1. The molecule has 1 aromatic heterocycles. The molecule has 0 atom stereocenters. The molecule has 0 amide bonds. The van der Waals surface area contributed by atoms with E-state index in [9.17, 15) is 0 Å². The highest BCUT2D eigenvalue weighted by molar-refractivity contribution is 5.44. The lowest BCUT2D eigenvalue weighted by molar-refractivity contribution is 0.634. The van der Waals surface area contributed by atoms with Crippen LogP contribution in [-0.2, 0) is 13.0 Å². The molecule has 0 radical (unpaired) electrons. The minimum atomic E-state index is 0.496. The second-order valence-corrected chi connectivity index (χ2v) is 5.57. The van der Waals surface area contributed by atoms with E-state index in [-0.39, 0.29) is 0 Å². The third-order valence-corrected chi connectivity index (χ3v) is 3.59. The summed E-state index contributed by atoms with van der Waals surface area (Å²) in [5, 5.41) is 0. The standard InChI is InChI=1S/C15H25N3/c1-4-14-7-13(9-16)8-15(17-14)18(11(2)3)10-12-5-6-12/h7-8,11-12H,4-6,9-10,16H2,1-3H3. The minimum absolute atomic E-state index is 0.496. The van der Waals surface area contributed by atoms with E-state index in [0.717, 1.165) is 30.4 Å². The van der Waals surface area contributed by atoms with Crippen molar-refractivity contribution in [2.24, 2.45) is 11.7 Å². The molecule has 0 spiro atoms. The normalized spacial score (nSPS) is 15.2. The van der Waals surface area contributed by atoms with Gasteiger partial charge in [0.1, 0.15) is 5.82 Å². The Morgan fingerprint density at radius 1 is 1.39 bits per heavy atom. The Bertz CT molecular complexity index is 374. The Hall–Kier alpha value is -1.09. The third-order valence-electron chi connectivity index (χ3n) is 3.59. The lowest BCUT2D eigenvalue weighted by atomic mass is 10.1. The number of hydrogen-bond donors (Lipinski definition) is 1. The predicted octanol–water partition coefficient (Wildman–Crippen LogP) is 2.73. The van der Waals surface area contributed by atoms with Gasteiger partial charge in [-0.1, -0.05) is 6.92 Å². The second kappa shape index (κ2) is 5.70. The van der Waals surface area contributed by atoms with Crippen molar-refractivity contribution in [3.63, 3.8) is 0 Å². The first-order valence-electron chi connectivity index (χ1n) is 7.10. The lowest BCUT2D eigenvalue weighted by Crippen LogP contribution is -2.33. The first-order chi connectivity index (χ1) is 8.63. The van der Waals surface area contributed by atoms with Crippen LogP contribution in [0.1, 0.15) is 44.9 Å². The van der Waals surface area contributed by atoms with E-state index in [1.807, 2.05) is 0 Å². The molecule has 1 heterocycles. The number of nitrogens with zero attached hydrogens (tertiary/aromatic N) is 2. The third kappa shape index (κ3) is 3.22. The van der Waals surface area contributed by atoms with Gasteiger partial charge in [0.05, 0.1) is 0 Å². The molecule has 3 heteroatoms. The number of nitrogens with two attached hydrogens (primary N) is 1. The maximum Gasteiger partial charge on any atom is 0.129 e. The van der Waals surface area contributed by atoms with Crippen molar-refractivity contribution in [1.82, 2.24) is 4.98 Å². The van der Waals surface area contributed by atoms with E-state index in [2.05, 4.69) is 37.8 Å². The molecule has 0 saturated heterocycles. The SMILES string of the molecule is CCc1cc(CN)cc(N(CC2CC2)C(C)C)n1. The van der Waals surface area contributed by atoms with Gasteiger partial charge in [0, 0.05) is 24.8 Å². The fourth-order valence-electron chi connectivity index (χ4n) is 2.23. The molecule has 1 fully saturated rings. The molecule has 0 unspecified atom stereocenters. The van der Waals surface area contributed by atoms with Gasteiger partial charge in [-0.3, -0.25) is 0 Å². The van der Waals surface area contributed by atoms with Crippen LogP contribution in [-0.4, -0.2) is 17.6 Å². The molecule has 3 nitrogen and oxygen atoms in total. The van der Waals surface area contributed by atoms with Crippen molar-refractivity contribution in [3.05, 3.63) is 23.4 Å². The van der Waals surface area contributed by atoms with Crippen LogP contribution in [0.2, 0.25) is 0 Å². The number of aromatic nitrogens is 1. The smallest absolute Gasteiger partial charge is 0.129 e. The van der Waals surface area contributed by atoms with Crippen LogP contribution >= 0.6 is 0 Å². The van der Waals surface area contributed by atoms with Gasteiger partial charge < -0.3 is 10.6 Å². The summed E-state index contributed by atoms with van der Waals surface area (Å²) in [4.78, 5) is 7.20. The zero-order valence-electron chi connectivity index (χ0n) is 11.8. The molecule has 1 aliphatic rings. The lowest BCUT2D eigenvalue weighted by Gasteiger charge is -2.28. The van der Waals surface area contributed by atoms with Crippen molar-refractivity contribution >= 4 is 5.82 Å². The van der Waals surface area contributed by atoms with Crippen LogP contribution in [0, 0.1) is 5.92 Å². The summed E-state index contributed by atoms with van der Waals surface area (Å²) in [6, 6.07) is 4.77. The summed E-state index contributed by atoms with van der Waals surface area (Å²) in [5.41, 5.74) is 8.13. The van der Waals surface area contributed by atoms with Crippen molar-refractivity contribution in [2.75, 3.05) is 11.4 Å². The highest BCUT2D eigenvalue weighted by Crippen LogP contribution is 2.32. The topological polar surface area (TPSA) is 42.1 Å². The minimum Gasteiger partial charge on any atom is -0.354 e. The molecule has 2 N–H and O–H groups in total. The Balaban J connectivity index is 2.26. The zero-order chi connectivity index (χ0) is 13.1. The van der Waals surface area contributed by atoms with Crippen LogP contribution in [0.25, 0.3) is 0 Å². The Morgan fingerprint density at radius 3 is 2.61 bits per heavy atom. The van der Waals surface area contributed by atoms with Crippen molar-refractivity contribution in [1.29, 1.82) is 0 Å². The fourth-order valence-corrected chi connectivity index (χ4v) is 2.23. The van der Waals surface area contributed by atoms with Crippen LogP contribution in [0.5, 0.6) is 0 Å². The van der Waals surface area contributed by atoms with Gasteiger partial charge in [0.15, 0.2) is 0 Å². The molecular formula is C15H25N3. The number of rotatable bonds is 6. The summed E-state index contributed by atoms with van der Waals surface area (Å²) in [5.74, 6) is 1.98. The molecule has 2 rings (SSSR count). The molecular weight excluding hydrogens is 222 g/mol. The van der Waals surface area contributed by atoms with Gasteiger partial charge in [-0.05, 0) is 56.7 Å². The highest BCUT2D eigenvalue weighted by atomic mass is 15.2. The van der Waals surface area contributed by atoms with E-state index in [4.69, 9.17) is 10.7 Å². The highest BCUT2D eigenvalue weighted by Gasteiger charge is 2.26. The van der Waals surface area contributed by atoms with E-state index >= 15 is 0 Å². The average Bonchev–Trinajstić information content (AvgIpc) is 3.18. The molecule has 1 saturated carbocycles. The van der Waals surface area contributed by atoms with Crippen molar-refractivity contribution in [2.45, 2.75) is 52.6 Å². The maximum absolute atomic E-state index is 5.79. The van der Waals surface area contributed by atoms with Gasteiger partial charge >= 0.3 is 0 Å². The van der Waals surface area contributed by atoms with Gasteiger partial charge in [-0.15, -0.1) is 0 Å². The first kappa shape index (κ1) is 13.3. The number of aryl methyl sites for hydroxylation is 1. The average molecular weight is 247 g/mol. The van der Waals surface area contributed by atoms with Crippen molar-refractivity contribution < 1.29 is 0 Å². The van der Waals surface area contributed by atoms with Crippen molar-refractivity contribution in [3.8, 4) is 0 Å². The van der Waals surface area contributed by atoms with Gasteiger partial charge in [-0.25, -0.2) is 4.98 Å². The number of pyridine rings is 1. The van der Waals surface area contributed by atoms with Crippen LogP contribution in [0.15, 0.2) is 12.1 Å². The molecule has 0 bridgehead atoms. The summed E-state index contributed by atoms with van der Waals surface area (Å²) in [6.45, 7) is 8.36. The molecule has 1 aliphatic carbocycles. The molecule has 0 aromatic carbocycles. The Labute approximate surface area is 110 Å². The van der Waals surface area contributed by atoms with E-state index < -0.39 is 0 Å². The second-order valence-electron chi connectivity index (χ2n) is 5.57. The summed E-state index contributed by atoms with van der Waals surface area (Å²) in [6.07, 6.45) is 3.72. The van der Waals surface area contributed by atoms with Crippen LogP contribution < -0.4 is 10.6 Å². The molecule has 18 heavy (non-hydrogen) atoms. The fraction of sp³-hybridized carbons (Fsp3) is 0.667. The van der Waals surface area contributed by atoms with Crippen LogP contribution in [0.4, 0.5) is 5.82 Å².